The first kappa shape index (κ1) is 13.1. The highest BCUT2D eigenvalue weighted by Gasteiger charge is 2.31. The summed E-state index contributed by atoms with van der Waals surface area (Å²) >= 11 is 0. The van der Waals surface area contributed by atoms with Gasteiger partial charge in [-0.3, -0.25) is 0 Å². The van der Waals surface area contributed by atoms with Gasteiger partial charge >= 0.3 is 5.97 Å². The van der Waals surface area contributed by atoms with Gasteiger partial charge < -0.3 is 14.8 Å². The van der Waals surface area contributed by atoms with Crippen LogP contribution in [0.4, 0.5) is 0 Å². The Hall–Kier alpha value is -1.29. The van der Waals surface area contributed by atoms with Crippen LogP contribution < -0.4 is 5.32 Å². The first-order valence-corrected chi connectivity index (χ1v) is 6.67. The van der Waals surface area contributed by atoms with E-state index in [1.165, 1.54) is 38.4 Å². The molecule has 0 spiro atoms. The molecule has 4 nitrogen and oxygen atoms in total. The smallest absolute Gasteiger partial charge is 0.338 e. The Morgan fingerprint density at radius 1 is 1.50 bits per heavy atom. The van der Waals surface area contributed by atoms with Gasteiger partial charge in [0.2, 0.25) is 0 Å². The van der Waals surface area contributed by atoms with E-state index in [4.69, 9.17) is 9.52 Å². The number of rotatable bonds is 6. The maximum atomic E-state index is 10.7. The quantitative estimate of drug-likeness (QED) is 0.815. The second-order valence-corrected chi connectivity index (χ2v) is 5.27. The highest BCUT2D eigenvalue weighted by atomic mass is 16.4. The number of aromatic carboxylic acids is 1. The minimum atomic E-state index is -0.939. The van der Waals surface area contributed by atoms with Crippen molar-refractivity contribution in [1.82, 2.24) is 5.32 Å². The molecule has 1 aromatic rings. The van der Waals surface area contributed by atoms with Gasteiger partial charge in [0.15, 0.2) is 0 Å². The van der Waals surface area contributed by atoms with Crippen LogP contribution >= 0.6 is 0 Å². The zero-order valence-electron chi connectivity index (χ0n) is 10.9. The fraction of sp³-hybridized carbons (Fsp3) is 0.643. The number of furan rings is 1. The summed E-state index contributed by atoms with van der Waals surface area (Å²) in [4.78, 5) is 10.7. The number of carboxylic acid groups (broad SMARTS) is 1. The molecule has 100 valence electrons. The standard InChI is InChI=1S/C14H21NO3/c1-2-14(5-3-4-6-14)10-15-8-12-7-11(9-18-12)13(16)17/h7,9,15H,2-6,8,10H2,1H3,(H,16,17). The molecule has 2 N–H and O–H groups in total. The normalized spacial score (nSPS) is 18.1. The molecular weight excluding hydrogens is 230 g/mol. The summed E-state index contributed by atoms with van der Waals surface area (Å²) in [6.07, 6.45) is 7.77. The summed E-state index contributed by atoms with van der Waals surface area (Å²) in [6, 6.07) is 1.59. The van der Waals surface area contributed by atoms with E-state index in [1.807, 2.05) is 0 Å². The molecule has 1 fully saturated rings. The Labute approximate surface area is 107 Å². The van der Waals surface area contributed by atoms with Crippen LogP contribution in [0, 0.1) is 5.41 Å². The van der Waals surface area contributed by atoms with E-state index in [0.717, 1.165) is 6.54 Å². The molecule has 1 saturated carbocycles. The molecule has 2 rings (SSSR count). The molecule has 0 amide bonds. The minimum Gasteiger partial charge on any atom is -0.478 e. The zero-order chi connectivity index (χ0) is 13.0. The van der Waals surface area contributed by atoms with Crippen molar-refractivity contribution in [3.05, 3.63) is 23.7 Å². The van der Waals surface area contributed by atoms with Crippen molar-refractivity contribution < 1.29 is 14.3 Å². The Morgan fingerprint density at radius 2 is 2.22 bits per heavy atom. The first-order chi connectivity index (χ1) is 8.65. The Bertz CT molecular complexity index is 405. The zero-order valence-corrected chi connectivity index (χ0v) is 10.9. The summed E-state index contributed by atoms with van der Waals surface area (Å²) in [5.74, 6) is -0.248. The Kier molecular flexibility index (Phi) is 4.07. The lowest BCUT2D eigenvalue weighted by Crippen LogP contribution is -2.31. The van der Waals surface area contributed by atoms with Gasteiger partial charge in [-0.15, -0.1) is 0 Å². The van der Waals surface area contributed by atoms with Gasteiger partial charge in [-0.1, -0.05) is 19.8 Å². The van der Waals surface area contributed by atoms with Crippen LogP contribution in [-0.4, -0.2) is 17.6 Å². The predicted octanol–water partition coefficient (Wildman–Crippen LogP) is 3.04. The van der Waals surface area contributed by atoms with Crippen molar-refractivity contribution >= 4 is 5.97 Å². The number of carbonyl (C=O) groups is 1. The molecule has 0 bridgehead atoms. The summed E-state index contributed by atoms with van der Waals surface area (Å²) in [5, 5.41) is 12.2. The lowest BCUT2D eigenvalue weighted by Gasteiger charge is -2.27. The monoisotopic (exact) mass is 251 g/mol. The largest absolute Gasteiger partial charge is 0.478 e. The number of hydrogen-bond acceptors (Lipinski definition) is 3. The summed E-state index contributed by atoms with van der Waals surface area (Å²) in [7, 11) is 0. The van der Waals surface area contributed by atoms with Gasteiger partial charge in [-0.05, 0) is 30.7 Å². The number of nitrogens with one attached hydrogen (secondary N) is 1. The lowest BCUT2D eigenvalue weighted by atomic mass is 9.83. The van der Waals surface area contributed by atoms with Gasteiger partial charge in [0, 0.05) is 6.54 Å². The molecule has 0 aliphatic heterocycles. The Balaban J connectivity index is 1.82. The van der Waals surface area contributed by atoms with E-state index in [1.54, 1.807) is 6.07 Å². The van der Waals surface area contributed by atoms with Crippen LogP contribution in [0.15, 0.2) is 16.7 Å². The minimum absolute atomic E-state index is 0.220. The van der Waals surface area contributed by atoms with Crippen LogP contribution in [0.3, 0.4) is 0 Å². The first-order valence-electron chi connectivity index (χ1n) is 6.67. The van der Waals surface area contributed by atoms with E-state index in [0.29, 0.717) is 17.7 Å². The van der Waals surface area contributed by atoms with Crippen LogP contribution in [0.1, 0.15) is 55.1 Å². The van der Waals surface area contributed by atoms with E-state index in [2.05, 4.69) is 12.2 Å². The maximum absolute atomic E-state index is 10.7. The van der Waals surface area contributed by atoms with Gasteiger partial charge in [0.1, 0.15) is 12.0 Å². The maximum Gasteiger partial charge on any atom is 0.338 e. The molecule has 0 radical (unpaired) electrons. The molecule has 4 heteroatoms. The second-order valence-electron chi connectivity index (χ2n) is 5.27. The van der Waals surface area contributed by atoms with Crippen molar-refractivity contribution in [2.24, 2.45) is 5.41 Å². The molecule has 0 aromatic carbocycles. The lowest BCUT2D eigenvalue weighted by molar-refractivity contribution is 0.0696. The van der Waals surface area contributed by atoms with Gasteiger partial charge in [0.25, 0.3) is 0 Å². The van der Waals surface area contributed by atoms with Gasteiger partial charge in [-0.25, -0.2) is 4.79 Å². The van der Waals surface area contributed by atoms with Crippen molar-refractivity contribution in [1.29, 1.82) is 0 Å². The van der Waals surface area contributed by atoms with E-state index >= 15 is 0 Å². The fourth-order valence-electron chi connectivity index (χ4n) is 2.82. The van der Waals surface area contributed by atoms with Crippen LogP contribution in [-0.2, 0) is 6.54 Å². The number of hydrogen-bond donors (Lipinski definition) is 2. The van der Waals surface area contributed by atoms with Crippen molar-refractivity contribution in [2.45, 2.75) is 45.6 Å². The van der Waals surface area contributed by atoms with Crippen LogP contribution in [0.2, 0.25) is 0 Å². The fourth-order valence-corrected chi connectivity index (χ4v) is 2.82. The summed E-state index contributed by atoms with van der Waals surface area (Å²) in [6.45, 7) is 3.85. The molecule has 1 heterocycles. The average Bonchev–Trinajstić information content (AvgIpc) is 2.98. The molecular formula is C14H21NO3. The van der Waals surface area contributed by atoms with E-state index in [9.17, 15) is 4.79 Å². The third-order valence-electron chi connectivity index (χ3n) is 4.11. The van der Waals surface area contributed by atoms with Crippen LogP contribution in [0.25, 0.3) is 0 Å². The highest BCUT2D eigenvalue weighted by Crippen LogP contribution is 2.40. The van der Waals surface area contributed by atoms with E-state index in [-0.39, 0.29) is 5.56 Å². The molecule has 1 aliphatic carbocycles. The van der Waals surface area contributed by atoms with Crippen molar-refractivity contribution in [2.75, 3.05) is 6.54 Å². The predicted molar refractivity (Wildman–Crippen MR) is 68.6 cm³/mol. The van der Waals surface area contributed by atoms with Gasteiger partial charge in [-0.2, -0.15) is 0 Å². The highest BCUT2D eigenvalue weighted by molar-refractivity contribution is 5.87. The molecule has 0 atom stereocenters. The molecule has 0 saturated heterocycles. The average molecular weight is 251 g/mol. The molecule has 0 unspecified atom stereocenters. The second kappa shape index (κ2) is 5.57. The van der Waals surface area contributed by atoms with Gasteiger partial charge in [0.05, 0.1) is 12.1 Å². The van der Waals surface area contributed by atoms with Crippen molar-refractivity contribution in [3.8, 4) is 0 Å². The topological polar surface area (TPSA) is 62.5 Å². The van der Waals surface area contributed by atoms with Crippen LogP contribution in [0.5, 0.6) is 0 Å². The van der Waals surface area contributed by atoms with E-state index < -0.39 is 5.97 Å². The summed E-state index contributed by atoms with van der Waals surface area (Å²) in [5.41, 5.74) is 0.667. The summed E-state index contributed by atoms with van der Waals surface area (Å²) < 4.78 is 5.21. The molecule has 1 aromatic heterocycles. The molecule has 1 aliphatic rings. The third kappa shape index (κ3) is 2.93. The van der Waals surface area contributed by atoms with Crippen molar-refractivity contribution in [3.63, 3.8) is 0 Å². The number of carboxylic acids is 1. The third-order valence-corrected chi connectivity index (χ3v) is 4.11. The SMILES string of the molecule is CCC1(CNCc2cc(C(=O)O)co2)CCCC1. The Morgan fingerprint density at radius 3 is 2.78 bits per heavy atom. The molecule has 18 heavy (non-hydrogen) atoms.